The summed E-state index contributed by atoms with van der Waals surface area (Å²) >= 11 is 5.01. The van der Waals surface area contributed by atoms with Gasteiger partial charge in [-0.25, -0.2) is 0 Å². The fraction of sp³-hybridized carbons (Fsp3) is 0.500. The molecule has 1 aromatic rings. The molecular formula is C14H20N2S. The molecule has 0 amide bonds. The van der Waals surface area contributed by atoms with Crippen molar-refractivity contribution >= 4 is 22.9 Å². The van der Waals surface area contributed by atoms with Crippen LogP contribution in [0.3, 0.4) is 0 Å². The Labute approximate surface area is 109 Å². The van der Waals surface area contributed by atoms with Crippen LogP contribution in [-0.4, -0.2) is 17.6 Å². The monoisotopic (exact) mass is 248 g/mol. The number of anilines is 1. The number of thiocarbonyl (C=S) groups is 1. The van der Waals surface area contributed by atoms with Gasteiger partial charge in [0.05, 0.1) is 0 Å². The molecule has 1 saturated heterocycles. The van der Waals surface area contributed by atoms with Crippen molar-refractivity contribution in [2.75, 3.05) is 11.4 Å². The van der Waals surface area contributed by atoms with E-state index in [1.807, 2.05) is 6.07 Å². The predicted molar refractivity (Wildman–Crippen MR) is 77.7 cm³/mol. The van der Waals surface area contributed by atoms with E-state index in [4.69, 9.17) is 18.0 Å². The summed E-state index contributed by atoms with van der Waals surface area (Å²) in [6.07, 6.45) is 3.83. The van der Waals surface area contributed by atoms with Gasteiger partial charge in [0.1, 0.15) is 4.99 Å². The average molecular weight is 248 g/mol. The van der Waals surface area contributed by atoms with Crippen LogP contribution in [0.1, 0.15) is 37.3 Å². The van der Waals surface area contributed by atoms with Crippen LogP contribution < -0.4 is 10.6 Å². The second kappa shape index (κ2) is 5.05. The lowest BCUT2D eigenvalue weighted by Crippen LogP contribution is -2.29. The van der Waals surface area contributed by atoms with Gasteiger partial charge < -0.3 is 10.6 Å². The quantitative estimate of drug-likeness (QED) is 0.834. The highest BCUT2D eigenvalue weighted by molar-refractivity contribution is 7.80. The summed E-state index contributed by atoms with van der Waals surface area (Å²) < 4.78 is 0. The number of nitrogens with two attached hydrogens (primary N) is 1. The van der Waals surface area contributed by atoms with E-state index in [2.05, 4.69) is 30.9 Å². The lowest BCUT2D eigenvalue weighted by molar-refractivity contribution is 0.644. The van der Waals surface area contributed by atoms with Crippen LogP contribution in [0.5, 0.6) is 0 Å². The lowest BCUT2D eigenvalue weighted by atomic mass is 10.1. The molecule has 0 radical (unpaired) electrons. The first-order chi connectivity index (χ1) is 8.13. The van der Waals surface area contributed by atoms with Crippen molar-refractivity contribution in [3.8, 4) is 0 Å². The van der Waals surface area contributed by atoms with E-state index < -0.39 is 0 Å². The van der Waals surface area contributed by atoms with E-state index in [1.54, 1.807) is 0 Å². The Morgan fingerprint density at radius 2 is 2.29 bits per heavy atom. The number of aryl methyl sites for hydroxylation is 1. The normalized spacial score (nSPS) is 19.6. The van der Waals surface area contributed by atoms with Gasteiger partial charge in [0.2, 0.25) is 0 Å². The zero-order valence-electron chi connectivity index (χ0n) is 10.6. The summed E-state index contributed by atoms with van der Waals surface area (Å²) in [5, 5.41) is 0. The Hall–Kier alpha value is -1.09. The Kier molecular flexibility index (Phi) is 3.67. The number of nitrogens with zero attached hydrogens (tertiary/aromatic N) is 1. The predicted octanol–water partition coefficient (Wildman–Crippen LogP) is 3.01. The Morgan fingerprint density at radius 1 is 1.53 bits per heavy atom. The third kappa shape index (κ3) is 2.44. The van der Waals surface area contributed by atoms with E-state index in [9.17, 15) is 0 Å². The Balaban J connectivity index is 2.30. The largest absolute Gasteiger partial charge is 0.389 e. The van der Waals surface area contributed by atoms with Gasteiger partial charge in [0.25, 0.3) is 0 Å². The maximum atomic E-state index is 5.66. The minimum absolute atomic E-state index is 0.480. The standard InChI is InChI=1S/C14H20N2S/c1-3-12-5-4-8-16(12)13-7-6-11(14(15)17)9-10(13)2/h6-7,9,12H,3-5,8H2,1-2H3,(H2,15,17). The van der Waals surface area contributed by atoms with Crippen LogP contribution in [0.15, 0.2) is 18.2 Å². The van der Waals surface area contributed by atoms with Crippen LogP contribution in [0.4, 0.5) is 5.69 Å². The van der Waals surface area contributed by atoms with Gasteiger partial charge in [-0.3, -0.25) is 0 Å². The molecule has 1 atom stereocenters. The van der Waals surface area contributed by atoms with E-state index in [0.717, 1.165) is 5.56 Å². The van der Waals surface area contributed by atoms with E-state index in [1.165, 1.54) is 37.1 Å². The van der Waals surface area contributed by atoms with Crippen molar-refractivity contribution in [2.45, 2.75) is 39.2 Å². The van der Waals surface area contributed by atoms with Crippen LogP contribution in [0, 0.1) is 6.92 Å². The summed E-state index contributed by atoms with van der Waals surface area (Å²) in [6, 6.07) is 7.00. The third-order valence-corrected chi connectivity index (χ3v) is 3.87. The smallest absolute Gasteiger partial charge is 0.103 e. The van der Waals surface area contributed by atoms with E-state index in [-0.39, 0.29) is 0 Å². The zero-order chi connectivity index (χ0) is 12.4. The summed E-state index contributed by atoms with van der Waals surface area (Å²) in [4.78, 5) is 3.01. The maximum absolute atomic E-state index is 5.66. The van der Waals surface area contributed by atoms with Gasteiger partial charge in [-0.2, -0.15) is 0 Å². The van der Waals surface area contributed by atoms with Gasteiger partial charge in [-0.1, -0.05) is 19.1 Å². The highest BCUT2D eigenvalue weighted by Gasteiger charge is 2.24. The molecule has 1 unspecified atom stereocenters. The van der Waals surface area contributed by atoms with E-state index in [0.29, 0.717) is 11.0 Å². The van der Waals surface area contributed by atoms with Crippen molar-refractivity contribution in [1.29, 1.82) is 0 Å². The van der Waals surface area contributed by atoms with Crippen molar-refractivity contribution in [3.63, 3.8) is 0 Å². The second-order valence-corrected chi connectivity index (χ2v) is 5.20. The van der Waals surface area contributed by atoms with Crippen molar-refractivity contribution in [3.05, 3.63) is 29.3 Å². The SMILES string of the molecule is CCC1CCCN1c1ccc(C(N)=S)cc1C. The molecule has 0 bridgehead atoms. The molecule has 1 aliphatic rings. The van der Waals surface area contributed by atoms with Crippen molar-refractivity contribution in [1.82, 2.24) is 0 Å². The highest BCUT2D eigenvalue weighted by atomic mass is 32.1. The molecule has 1 aromatic carbocycles. The summed E-state index contributed by atoms with van der Waals surface area (Å²) in [5.74, 6) is 0. The van der Waals surface area contributed by atoms with Crippen molar-refractivity contribution < 1.29 is 0 Å². The molecule has 17 heavy (non-hydrogen) atoms. The zero-order valence-corrected chi connectivity index (χ0v) is 11.4. The Bertz CT molecular complexity index is 428. The summed E-state index contributed by atoms with van der Waals surface area (Å²) in [6.45, 7) is 5.58. The molecule has 2 N–H and O–H groups in total. The molecule has 0 spiro atoms. The van der Waals surface area contributed by atoms with Crippen molar-refractivity contribution in [2.24, 2.45) is 5.73 Å². The molecule has 2 nitrogen and oxygen atoms in total. The first kappa shape index (κ1) is 12.4. The molecule has 1 fully saturated rings. The highest BCUT2D eigenvalue weighted by Crippen LogP contribution is 2.30. The first-order valence-electron chi connectivity index (χ1n) is 6.30. The van der Waals surface area contributed by atoms with Gasteiger partial charge in [-0.15, -0.1) is 0 Å². The Morgan fingerprint density at radius 3 is 2.88 bits per heavy atom. The molecular weight excluding hydrogens is 228 g/mol. The fourth-order valence-corrected chi connectivity index (χ4v) is 2.84. The molecule has 92 valence electrons. The maximum Gasteiger partial charge on any atom is 0.103 e. The molecule has 0 saturated carbocycles. The van der Waals surface area contributed by atoms with Gasteiger partial charge >= 0.3 is 0 Å². The molecule has 2 rings (SSSR count). The summed E-state index contributed by atoms with van der Waals surface area (Å²) in [7, 11) is 0. The summed E-state index contributed by atoms with van der Waals surface area (Å²) in [5.41, 5.74) is 9.24. The fourth-order valence-electron chi connectivity index (χ4n) is 2.71. The molecule has 1 heterocycles. The topological polar surface area (TPSA) is 29.3 Å². The third-order valence-electron chi connectivity index (χ3n) is 3.64. The number of benzene rings is 1. The number of hydrogen-bond donors (Lipinski definition) is 1. The second-order valence-electron chi connectivity index (χ2n) is 4.76. The van der Waals surface area contributed by atoms with Gasteiger partial charge in [0.15, 0.2) is 0 Å². The van der Waals surface area contributed by atoms with Crippen LogP contribution >= 0.6 is 12.2 Å². The van der Waals surface area contributed by atoms with Crippen LogP contribution in [-0.2, 0) is 0 Å². The van der Waals surface area contributed by atoms with Gasteiger partial charge in [0, 0.05) is 23.8 Å². The first-order valence-corrected chi connectivity index (χ1v) is 6.71. The minimum atomic E-state index is 0.480. The molecule has 1 aliphatic heterocycles. The minimum Gasteiger partial charge on any atom is -0.389 e. The average Bonchev–Trinajstić information content (AvgIpc) is 2.76. The van der Waals surface area contributed by atoms with Crippen LogP contribution in [0.2, 0.25) is 0 Å². The molecule has 3 heteroatoms. The van der Waals surface area contributed by atoms with E-state index >= 15 is 0 Å². The number of rotatable bonds is 3. The number of hydrogen-bond acceptors (Lipinski definition) is 2. The van der Waals surface area contributed by atoms with Gasteiger partial charge in [-0.05, 0) is 49.9 Å². The lowest BCUT2D eigenvalue weighted by Gasteiger charge is -2.27. The molecule has 0 aliphatic carbocycles. The van der Waals surface area contributed by atoms with Crippen LogP contribution in [0.25, 0.3) is 0 Å². The molecule has 0 aromatic heterocycles.